The second-order valence-corrected chi connectivity index (χ2v) is 3.97. The fourth-order valence-corrected chi connectivity index (χ4v) is 1.72. The van der Waals surface area contributed by atoms with Gasteiger partial charge in [-0.15, -0.1) is 0 Å². The Morgan fingerprint density at radius 1 is 1.19 bits per heavy atom. The molecule has 2 aromatic heterocycles. The molecule has 1 atom stereocenters. The van der Waals surface area contributed by atoms with Crippen molar-refractivity contribution in [3.63, 3.8) is 0 Å². The van der Waals surface area contributed by atoms with Gasteiger partial charge in [-0.3, -0.25) is 9.97 Å². The molecule has 2 N–H and O–H groups in total. The van der Waals surface area contributed by atoms with Crippen LogP contribution in [0.5, 0.6) is 0 Å². The molecule has 0 aliphatic heterocycles. The quantitative estimate of drug-likeness (QED) is 0.886. The van der Waals surface area contributed by atoms with Crippen molar-refractivity contribution in [2.75, 3.05) is 0 Å². The van der Waals surface area contributed by atoms with Gasteiger partial charge in [-0.05, 0) is 29.7 Å². The van der Waals surface area contributed by atoms with Crippen LogP contribution in [0.3, 0.4) is 0 Å². The Labute approximate surface area is 99.3 Å². The number of aromatic nitrogens is 2. The van der Waals surface area contributed by atoms with Crippen molar-refractivity contribution in [2.45, 2.75) is 12.5 Å². The molecular weight excluding hydrogens is 222 g/mol. The summed E-state index contributed by atoms with van der Waals surface area (Å²) in [6.07, 6.45) is 7.55. The normalized spacial score (nSPS) is 12.4. The van der Waals surface area contributed by atoms with Crippen LogP contribution >= 0.6 is 11.6 Å². The first-order valence-corrected chi connectivity index (χ1v) is 5.39. The third kappa shape index (κ3) is 2.56. The zero-order valence-electron chi connectivity index (χ0n) is 8.68. The van der Waals surface area contributed by atoms with Gasteiger partial charge in [0.1, 0.15) is 0 Å². The van der Waals surface area contributed by atoms with E-state index in [-0.39, 0.29) is 6.04 Å². The largest absolute Gasteiger partial charge is 0.324 e. The first-order valence-electron chi connectivity index (χ1n) is 5.01. The molecule has 82 valence electrons. The maximum Gasteiger partial charge on any atom is 0.0622 e. The van der Waals surface area contributed by atoms with Crippen LogP contribution in [0.15, 0.2) is 43.0 Å². The van der Waals surface area contributed by atoms with E-state index in [4.69, 9.17) is 17.3 Å². The molecule has 0 amide bonds. The van der Waals surface area contributed by atoms with Crippen molar-refractivity contribution >= 4 is 11.6 Å². The second kappa shape index (κ2) is 5.05. The van der Waals surface area contributed by atoms with Gasteiger partial charge in [0.05, 0.1) is 5.02 Å². The number of halogens is 1. The van der Waals surface area contributed by atoms with Crippen LogP contribution in [-0.4, -0.2) is 9.97 Å². The van der Waals surface area contributed by atoms with E-state index in [1.54, 1.807) is 24.8 Å². The monoisotopic (exact) mass is 233 g/mol. The summed E-state index contributed by atoms with van der Waals surface area (Å²) < 4.78 is 0. The van der Waals surface area contributed by atoms with Gasteiger partial charge in [-0.1, -0.05) is 17.7 Å². The summed E-state index contributed by atoms with van der Waals surface area (Å²) in [4.78, 5) is 7.98. The van der Waals surface area contributed by atoms with E-state index in [1.807, 2.05) is 18.2 Å². The predicted molar refractivity (Wildman–Crippen MR) is 64.1 cm³/mol. The minimum Gasteiger partial charge on any atom is -0.324 e. The lowest BCUT2D eigenvalue weighted by Crippen LogP contribution is -2.13. The summed E-state index contributed by atoms with van der Waals surface area (Å²) in [5.74, 6) is 0. The number of rotatable bonds is 3. The average Bonchev–Trinajstić information content (AvgIpc) is 2.33. The van der Waals surface area contributed by atoms with Crippen LogP contribution in [-0.2, 0) is 6.42 Å². The Balaban J connectivity index is 2.14. The van der Waals surface area contributed by atoms with Crippen LogP contribution in [0.4, 0.5) is 0 Å². The maximum absolute atomic E-state index is 6.08. The summed E-state index contributed by atoms with van der Waals surface area (Å²) in [6.45, 7) is 0. The third-order valence-corrected chi connectivity index (χ3v) is 2.75. The lowest BCUT2D eigenvalue weighted by atomic mass is 10.0. The molecular formula is C12H12ClN3. The molecule has 0 bridgehead atoms. The molecule has 0 aromatic carbocycles. The average molecular weight is 234 g/mol. The molecule has 0 aliphatic rings. The smallest absolute Gasteiger partial charge is 0.0622 e. The van der Waals surface area contributed by atoms with Crippen LogP contribution in [0.2, 0.25) is 5.02 Å². The van der Waals surface area contributed by atoms with E-state index in [9.17, 15) is 0 Å². The number of hydrogen-bond donors (Lipinski definition) is 1. The van der Waals surface area contributed by atoms with Gasteiger partial charge in [0.15, 0.2) is 0 Å². The van der Waals surface area contributed by atoms with Gasteiger partial charge < -0.3 is 5.73 Å². The molecule has 1 unspecified atom stereocenters. The summed E-state index contributed by atoms with van der Waals surface area (Å²) in [7, 11) is 0. The Morgan fingerprint density at radius 2 is 2.00 bits per heavy atom. The summed E-state index contributed by atoms with van der Waals surface area (Å²) in [5, 5.41) is 0.654. The van der Waals surface area contributed by atoms with Crippen LogP contribution in [0, 0.1) is 0 Å². The molecule has 0 radical (unpaired) electrons. The van der Waals surface area contributed by atoms with E-state index in [0.29, 0.717) is 11.4 Å². The highest BCUT2D eigenvalue weighted by Crippen LogP contribution is 2.20. The number of hydrogen-bond acceptors (Lipinski definition) is 3. The molecule has 0 saturated carbocycles. The standard InChI is InChI=1S/C12H12ClN3/c13-11-8-16-5-3-9(11)6-12(14)10-2-1-4-15-7-10/h1-5,7-8,12H,6,14H2. The van der Waals surface area contributed by atoms with E-state index < -0.39 is 0 Å². The highest BCUT2D eigenvalue weighted by atomic mass is 35.5. The molecule has 2 aromatic rings. The molecule has 0 spiro atoms. The molecule has 0 fully saturated rings. The highest BCUT2D eigenvalue weighted by Gasteiger charge is 2.09. The van der Waals surface area contributed by atoms with E-state index >= 15 is 0 Å². The summed E-state index contributed by atoms with van der Waals surface area (Å²) in [5.41, 5.74) is 8.09. The molecule has 4 heteroatoms. The predicted octanol–water partition coefficient (Wildman–Crippen LogP) is 2.37. The van der Waals surface area contributed by atoms with Crippen molar-refractivity contribution in [3.8, 4) is 0 Å². The summed E-state index contributed by atoms with van der Waals surface area (Å²) >= 11 is 6.02. The molecule has 3 nitrogen and oxygen atoms in total. The second-order valence-electron chi connectivity index (χ2n) is 3.56. The highest BCUT2D eigenvalue weighted by molar-refractivity contribution is 6.31. The molecule has 2 rings (SSSR count). The maximum atomic E-state index is 6.08. The molecule has 16 heavy (non-hydrogen) atoms. The minimum absolute atomic E-state index is 0.0893. The summed E-state index contributed by atoms with van der Waals surface area (Å²) in [6, 6.07) is 5.64. The lowest BCUT2D eigenvalue weighted by Gasteiger charge is -2.12. The van der Waals surface area contributed by atoms with Gasteiger partial charge >= 0.3 is 0 Å². The fraction of sp³-hybridized carbons (Fsp3) is 0.167. The van der Waals surface area contributed by atoms with Gasteiger partial charge in [0.25, 0.3) is 0 Å². The Bertz CT molecular complexity index is 459. The van der Waals surface area contributed by atoms with E-state index in [2.05, 4.69) is 9.97 Å². The number of pyridine rings is 2. The third-order valence-electron chi connectivity index (χ3n) is 2.41. The lowest BCUT2D eigenvalue weighted by molar-refractivity contribution is 0.717. The Kier molecular flexibility index (Phi) is 3.49. The fourth-order valence-electron chi connectivity index (χ4n) is 1.52. The van der Waals surface area contributed by atoms with Crippen LogP contribution in [0.1, 0.15) is 17.2 Å². The van der Waals surface area contributed by atoms with E-state index in [1.165, 1.54) is 0 Å². The van der Waals surface area contributed by atoms with E-state index in [0.717, 1.165) is 11.1 Å². The molecule has 0 saturated heterocycles. The van der Waals surface area contributed by atoms with Crippen molar-refractivity contribution in [2.24, 2.45) is 5.73 Å². The van der Waals surface area contributed by atoms with Crippen molar-refractivity contribution in [3.05, 3.63) is 59.1 Å². The molecule has 2 heterocycles. The topological polar surface area (TPSA) is 51.8 Å². The Hall–Kier alpha value is -1.45. The first kappa shape index (κ1) is 11.0. The Morgan fingerprint density at radius 3 is 2.69 bits per heavy atom. The minimum atomic E-state index is -0.0893. The number of nitrogens with zero attached hydrogens (tertiary/aromatic N) is 2. The van der Waals surface area contributed by atoms with Gasteiger partial charge in [0.2, 0.25) is 0 Å². The number of nitrogens with two attached hydrogens (primary N) is 1. The zero-order valence-corrected chi connectivity index (χ0v) is 9.43. The zero-order chi connectivity index (χ0) is 11.4. The van der Waals surface area contributed by atoms with Crippen molar-refractivity contribution in [1.82, 2.24) is 9.97 Å². The van der Waals surface area contributed by atoms with Gasteiger partial charge in [-0.2, -0.15) is 0 Å². The van der Waals surface area contributed by atoms with Crippen molar-refractivity contribution in [1.29, 1.82) is 0 Å². The van der Waals surface area contributed by atoms with Crippen LogP contribution < -0.4 is 5.73 Å². The SMILES string of the molecule is NC(Cc1ccncc1Cl)c1cccnc1. The van der Waals surface area contributed by atoms with Crippen molar-refractivity contribution < 1.29 is 0 Å². The van der Waals surface area contributed by atoms with Crippen LogP contribution in [0.25, 0.3) is 0 Å². The van der Waals surface area contributed by atoms with Gasteiger partial charge in [-0.25, -0.2) is 0 Å². The van der Waals surface area contributed by atoms with Gasteiger partial charge in [0, 0.05) is 30.8 Å². The molecule has 0 aliphatic carbocycles. The first-order chi connectivity index (χ1) is 7.77.